The topological polar surface area (TPSA) is 250 Å². The average molecular weight is 1380 g/mol. The van der Waals surface area contributed by atoms with Gasteiger partial charge in [-0.15, -0.1) is 11.6 Å². The fraction of sp³-hybridized carbons (Fsp3) is 0.843. The molecule has 0 unspecified atom stereocenters. The largest absolute Gasteiger partial charge is 0.391 e. The molecular formula is C70H119ClF3N11O11. The van der Waals surface area contributed by atoms with E-state index in [2.05, 4.69) is 16.0 Å². The minimum absolute atomic E-state index is 0.0189. The fourth-order valence-electron chi connectivity index (χ4n) is 14.4. The smallest absolute Gasteiger partial charge is 0.351 e. The van der Waals surface area contributed by atoms with Gasteiger partial charge in [-0.3, -0.25) is 52.7 Å². The van der Waals surface area contributed by atoms with E-state index in [1.54, 1.807) is 20.8 Å². The Morgan fingerprint density at radius 3 is 1.54 bits per heavy atom. The number of amides is 11. The lowest BCUT2D eigenvalue weighted by Crippen LogP contribution is -2.60. The Bertz CT molecular complexity index is 2630. The number of hydrogen-bond donors (Lipinski definition) is 3. The van der Waals surface area contributed by atoms with Crippen molar-refractivity contribution in [3.8, 4) is 0 Å². The highest BCUT2D eigenvalue weighted by atomic mass is 35.5. The van der Waals surface area contributed by atoms with E-state index >= 15 is 14.4 Å². The molecule has 4 fully saturated rings. The molecule has 9 atom stereocenters. The first-order valence-electron chi connectivity index (χ1n) is 35.5. The highest BCUT2D eigenvalue weighted by Gasteiger charge is 2.45. The monoisotopic (exact) mass is 1380 g/mol. The summed E-state index contributed by atoms with van der Waals surface area (Å²) in [7, 11) is 11.6. The maximum atomic E-state index is 15.5. The van der Waals surface area contributed by atoms with Crippen molar-refractivity contribution in [2.24, 2.45) is 47.3 Å². The summed E-state index contributed by atoms with van der Waals surface area (Å²) in [6.07, 6.45) is 4.43. The van der Waals surface area contributed by atoms with Crippen LogP contribution in [0.15, 0.2) is 0 Å². The Morgan fingerprint density at radius 1 is 0.490 bits per heavy atom. The van der Waals surface area contributed by atoms with Crippen LogP contribution in [-0.2, 0) is 52.7 Å². The Kier molecular flexibility index (Phi) is 32.7. The van der Waals surface area contributed by atoms with Crippen molar-refractivity contribution in [3.05, 3.63) is 0 Å². The van der Waals surface area contributed by atoms with E-state index in [9.17, 15) is 51.5 Å². The Hall–Kier alpha value is -5.75. The van der Waals surface area contributed by atoms with E-state index in [-0.39, 0.29) is 99.2 Å². The fourth-order valence-corrected chi connectivity index (χ4v) is 14.7. The van der Waals surface area contributed by atoms with Gasteiger partial charge < -0.3 is 55.1 Å². The first-order valence-corrected chi connectivity index (χ1v) is 35.9. The molecule has 0 bridgehead atoms. The van der Waals surface area contributed by atoms with Crippen LogP contribution in [0.1, 0.15) is 197 Å². The SMILES string of the molecule is CC[C@H](C)[C@@H]1NC(=O)[C@H](C)N(C)C(=O)C[C@@H](CC(C)C)NC(=O)[C@H](C(C)C)N(C)C(=O)[C@H](CC2CCCCC2)N(C)C(=O)[C@H](CC(C)C)N(C)C(=O)[C@H](CCC2CCC(C(F)(F)F)CC2)NC(=O)CN(C)C(=O)[C@H](CC2CCC(Cl)CC2)N(C)C(=O)CN(C)C(=O)CN(C)C1=O. The van der Waals surface area contributed by atoms with Gasteiger partial charge in [0.2, 0.25) is 65.0 Å². The summed E-state index contributed by atoms with van der Waals surface area (Å²) >= 11 is 6.51. The third-order valence-corrected chi connectivity index (χ3v) is 21.5. The summed E-state index contributed by atoms with van der Waals surface area (Å²) < 4.78 is 41.6. The van der Waals surface area contributed by atoms with Crippen molar-refractivity contribution >= 4 is 76.6 Å². The molecule has 11 amide bonds. The van der Waals surface area contributed by atoms with Crippen molar-refractivity contribution in [2.45, 2.75) is 257 Å². The zero-order valence-corrected chi connectivity index (χ0v) is 61.6. The Balaban J connectivity index is 1.87. The van der Waals surface area contributed by atoms with Crippen LogP contribution in [0.3, 0.4) is 0 Å². The zero-order chi connectivity index (χ0) is 72.4. The lowest BCUT2D eigenvalue weighted by Gasteiger charge is -2.40. The molecule has 4 aliphatic rings. The molecule has 22 nitrogen and oxygen atoms in total. The van der Waals surface area contributed by atoms with Gasteiger partial charge in [0, 0.05) is 74.2 Å². The van der Waals surface area contributed by atoms with Crippen LogP contribution in [0, 0.1) is 47.3 Å². The lowest BCUT2D eigenvalue weighted by atomic mass is 9.79. The number of nitrogens with one attached hydrogen (secondary N) is 3. The Morgan fingerprint density at radius 2 is 1.00 bits per heavy atom. The van der Waals surface area contributed by atoms with Gasteiger partial charge in [-0.25, -0.2) is 0 Å². The maximum absolute atomic E-state index is 15.5. The van der Waals surface area contributed by atoms with Crippen LogP contribution >= 0.6 is 11.6 Å². The first kappa shape index (κ1) is 82.7. The number of carbonyl (C=O) groups is 11. The van der Waals surface area contributed by atoms with E-state index < -0.39 is 157 Å². The number of alkyl halides is 4. The number of halogens is 4. The molecule has 1 heterocycles. The summed E-state index contributed by atoms with van der Waals surface area (Å²) in [5.74, 6) is -9.49. The summed E-state index contributed by atoms with van der Waals surface area (Å²) in [4.78, 5) is 172. The summed E-state index contributed by atoms with van der Waals surface area (Å²) in [5.41, 5.74) is 0. The van der Waals surface area contributed by atoms with Crippen molar-refractivity contribution in [1.29, 1.82) is 0 Å². The maximum Gasteiger partial charge on any atom is 0.391 e. The second-order valence-electron chi connectivity index (χ2n) is 30.0. The molecule has 4 rings (SSSR count). The number of hydrogen-bond acceptors (Lipinski definition) is 11. The summed E-state index contributed by atoms with van der Waals surface area (Å²) in [6, 6.07) is -8.89. The standard InChI is InChI=1S/C70H119ClF3N11O11/c1-18-45(8)61-69(96)80(12)40-59(88)78(10)41-60(89)82(14)55(37-49-26-31-51(71)32-27-49)66(93)79(11)39-57(86)76-53(33-28-47-24-29-50(30-25-47)70(72,73)74)65(92)83(15)54(35-43(4)5)67(94)84(16)56(36-48-22-20-19-21-23-48)68(95)85(17)62(44(6)7)64(91)75-52(34-42(2)3)38-58(87)81(13)46(9)63(90)77-61/h42-56,61-62H,18-41H2,1-17H3,(H,75,91)(H,76,86)(H,77,90)/t45-,46-,47?,49?,50?,51?,52+,53-,54-,55-,56-,61-,62-/m0/s1. The minimum Gasteiger partial charge on any atom is -0.351 e. The summed E-state index contributed by atoms with van der Waals surface area (Å²) in [6.45, 7) is 14.7. The molecule has 3 N–H and O–H groups in total. The van der Waals surface area contributed by atoms with E-state index in [0.717, 1.165) is 46.8 Å². The molecule has 1 saturated heterocycles. The molecule has 548 valence electrons. The van der Waals surface area contributed by atoms with Crippen LogP contribution < -0.4 is 16.0 Å². The van der Waals surface area contributed by atoms with E-state index in [4.69, 9.17) is 11.6 Å². The van der Waals surface area contributed by atoms with Crippen LogP contribution in [-0.4, -0.2) is 240 Å². The van der Waals surface area contributed by atoms with E-state index in [1.807, 2.05) is 34.6 Å². The number of carbonyl (C=O) groups excluding carboxylic acids is 11. The van der Waals surface area contributed by atoms with Gasteiger partial charge in [0.15, 0.2) is 0 Å². The lowest BCUT2D eigenvalue weighted by molar-refractivity contribution is -0.184. The molecule has 0 radical (unpaired) electrons. The minimum atomic E-state index is -4.35. The van der Waals surface area contributed by atoms with Crippen molar-refractivity contribution in [3.63, 3.8) is 0 Å². The second kappa shape index (κ2) is 38.0. The third kappa shape index (κ3) is 24.0. The molecule has 0 aromatic carbocycles. The van der Waals surface area contributed by atoms with Crippen LogP contribution in [0.4, 0.5) is 13.2 Å². The number of rotatable bonds is 14. The Labute approximate surface area is 575 Å². The van der Waals surface area contributed by atoms with Crippen molar-refractivity contribution in [1.82, 2.24) is 55.1 Å². The zero-order valence-electron chi connectivity index (χ0n) is 60.9. The highest BCUT2D eigenvalue weighted by molar-refractivity contribution is 6.20. The van der Waals surface area contributed by atoms with Gasteiger partial charge >= 0.3 is 6.18 Å². The third-order valence-electron chi connectivity index (χ3n) is 21.1. The van der Waals surface area contributed by atoms with Crippen LogP contribution in [0.5, 0.6) is 0 Å². The van der Waals surface area contributed by atoms with Gasteiger partial charge in [0.1, 0.15) is 42.3 Å². The van der Waals surface area contributed by atoms with Gasteiger partial charge in [0.05, 0.1) is 25.6 Å². The molecule has 1 aliphatic heterocycles. The molecule has 3 saturated carbocycles. The molecular weight excluding hydrogens is 1260 g/mol. The van der Waals surface area contributed by atoms with Crippen molar-refractivity contribution < 1.29 is 65.9 Å². The van der Waals surface area contributed by atoms with Gasteiger partial charge in [-0.05, 0) is 138 Å². The predicted molar refractivity (Wildman–Crippen MR) is 363 cm³/mol. The molecule has 96 heavy (non-hydrogen) atoms. The normalized spacial score (nSPS) is 29.6. The van der Waals surface area contributed by atoms with E-state index in [0.29, 0.717) is 38.5 Å². The molecule has 0 spiro atoms. The number of likely N-dealkylation sites (N-methyl/N-ethyl adjacent to an activating group) is 8. The van der Waals surface area contributed by atoms with Gasteiger partial charge in [0.25, 0.3) is 0 Å². The molecule has 3 aliphatic carbocycles. The molecule has 0 aromatic rings. The van der Waals surface area contributed by atoms with Gasteiger partial charge in [-0.1, -0.05) is 93.9 Å². The van der Waals surface area contributed by atoms with Gasteiger partial charge in [-0.2, -0.15) is 13.2 Å². The van der Waals surface area contributed by atoms with Crippen molar-refractivity contribution in [2.75, 3.05) is 76.0 Å². The quantitative estimate of drug-likeness (QED) is 0.144. The van der Waals surface area contributed by atoms with Crippen LogP contribution in [0.25, 0.3) is 0 Å². The van der Waals surface area contributed by atoms with E-state index in [1.165, 1.54) is 87.8 Å². The highest BCUT2D eigenvalue weighted by Crippen LogP contribution is 2.41. The predicted octanol–water partition coefficient (Wildman–Crippen LogP) is 7.48. The molecule has 0 aromatic heterocycles. The van der Waals surface area contributed by atoms with Crippen LogP contribution in [0.2, 0.25) is 0 Å². The molecule has 26 heteroatoms. The number of nitrogens with zero attached hydrogens (tertiary/aromatic N) is 8. The summed E-state index contributed by atoms with van der Waals surface area (Å²) in [5, 5.41) is 8.68. The first-order chi connectivity index (χ1) is 44.8. The average Bonchev–Trinajstić information content (AvgIpc) is 0.821. The second-order valence-corrected chi connectivity index (χ2v) is 30.6.